The number of nitrogens with zero attached hydrogens (tertiary/aromatic N) is 2. The second-order valence-corrected chi connectivity index (χ2v) is 3.07. The maximum atomic E-state index is 11.1. The normalized spacial score (nSPS) is 9.47. The Morgan fingerprint density at radius 1 is 1.65 bits per heavy atom. The minimum absolute atomic E-state index is 0.0345. The van der Waals surface area contributed by atoms with Gasteiger partial charge in [0, 0.05) is 6.20 Å². The van der Waals surface area contributed by atoms with Gasteiger partial charge in [-0.2, -0.15) is 4.98 Å². The van der Waals surface area contributed by atoms with Crippen molar-refractivity contribution in [2.75, 3.05) is 11.9 Å². The Balaban J connectivity index is 2.74. The molecule has 0 bridgehead atoms. The Kier molecular flexibility index (Phi) is 4.41. The summed E-state index contributed by atoms with van der Waals surface area (Å²) in [7, 11) is 0. The monoisotopic (exact) mass is 257 g/mol. The van der Waals surface area contributed by atoms with Gasteiger partial charge < -0.3 is 9.84 Å². The van der Waals surface area contributed by atoms with E-state index in [0.29, 0.717) is 0 Å². The number of carbonyl (C=O) groups is 2. The van der Waals surface area contributed by atoms with E-state index in [-0.39, 0.29) is 23.3 Å². The Morgan fingerprint density at radius 2 is 2.35 bits per heavy atom. The van der Waals surface area contributed by atoms with Gasteiger partial charge in [-0.15, -0.1) is 0 Å². The fraction of sp³-hybridized carbons (Fsp3) is 0.111. The summed E-state index contributed by atoms with van der Waals surface area (Å²) in [6, 6.07) is 0. The molecule has 0 aliphatic carbocycles. The summed E-state index contributed by atoms with van der Waals surface area (Å²) in [5, 5.41) is 10.6. The molecule has 0 radical (unpaired) electrons. The summed E-state index contributed by atoms with van der Waals surface area (Å²) < 4.78 is 4.61. The predicted molar refractivity (Wildman–Crippen MR) is 59.2 cm³/mol. The summed E-state index contributed by atoms with van der Waals surface area (Å²) >= 11 is 5.57. The second kappa shape index (κ2) is 5.80. The molecule has 0 fully saturated rings. The molecule has 0 aromatic carbocycles. The smallest absolute Gasteiger partial charge is 0.414 e. The highest BCUT2D eigenvalue weighted by Gasteiger charge is 2.13. The minimum Gasteiger partial charge on any atom is -0.478 e. The zero-order valence-corrected chi connectivity index (χ0v) is 9.27. The topological polar surface area (TPSA) is 101 Å². The number of halogens is 1. The molecule has 1 amide bonds. The van der Waals surface area contributed by atoms with Crippen molar-refractivity contribution in [1.82, 2.24) is 9.97 Å². The van der Waals surface area contributed by atoms with Crippen LogP contribution >= 0.6 is 11.6 Å². The molecule has 1 heterocycles. The van der Waals surface area contributed by atoms with Gasteiger partial charge in [-0.1, -0.05) is 24.3 Å². The lowest BCUT2D eigenvalue weighted by atomic mass is 10.3. The lowest BCUT2D eigenvalue weighted by molar-refractivity contribution is 0.0696. The van der Waals surface area contributed by atoms with E-state index in [4.69, 9.17) is 16.7 Å². The first kappa shape index (κ1) is 12.9. The number of ether oxygens (including phenoxy) is 1. The van der Waals surface area contributed by atoms with Gasteiger partial charge in [0.1, 0.15) is 17.3 Å². The molecule has 2 N–H and O–H groups in total. The van der Waals surface area contributed by atoms with Gasteiger partial charge in [0.15, 0.2) is 0 Å². The number of nitrogens with one attached hydrogen (secondary N) is 1. The lowest BCUT2D eigenvalue weighted by Gasteiger charge is -2.04. The van der Waals surface area contributed by atoms with Crippen LogP contribution in [0.3, 0.4) is 0 Å². The van der Waals surface area contributed by atoms with Gasteiger partial charge >= 0.3 is 12.1 Å². The van der Waals surface area contributed by atoms with Crippen LogP contribution in [-0.2, 0) is 4.74 Å². The highest BCUT2D eigenvalue weighted by molar-refractivity contribution is 6.32. The van der Waals surface area contributed by atoms with Gasteiger partial charge in [0.25, 0.3) is 0 Å². The predicted octanol–water partition coefficient (Wildman–Crippen LogP) is 1.56. The van der Waals surface area contributed by atoms with E-state index in [1.807, 2.05) is 0 Å². The Bertz CT molecular complexity index is 464. The van der Waals surface area contributed by atoms with Crippen molar-refractivity contribution in [3.05, 3.63) is 29.6 Å². The number of amides is 1. The average Bonchev–Trinajstić information content (AvgIpc) is 2.26. The number of aromatic carboxylic acids is 1. The van der Waals surface area contributed by atoms with Crippen LogP contribution in [0.5, 0.6) is 0 Å². The first-order valence-corrected chi connectivity index (χ1v) is 4.73. The van der Waals surface area contributed by atoms with Crippen LogP contribution in [0.2, 0.25) is 5.15 Å². The van der Waals surface area contributed by atoms with Crippen LogP contribution in [0.4, 0.5) is 10.7 Å². The maximum absolute atomic E-state index is 11.1. The van der Waals surface area contributed by atoms with Crippen LogP contribution in [0, 0.1) is 0 Å². The fourth-order valence-corrected chi connectivity index (χ4v) is 1.04. The summed E-state index contributed by atoms with van der Waals surface area (Å²) in [6.07, 6.45) is 1.59. The van der Waals surface area contributed by atoms with E-state index in [1.165, 1.54) is 6.08 Å². The Hall–Kier alpha value is -2.15. The van der Waals surface area contributed by atoms with Crippen molar-refractivity contribution in [2.24, 2.45) is 0 Å². The van der Waals surface area contributed by atoms with E-state index in [9.17, 15) is 9.59 Å². The van der Waals surface area contributed by atoms with Crippen molar-refractivity contribution < 1.29 is 19.4 Å². The highest BCUT2D eigenvalue weighted by Crippen LogP contribution is 2.13. The molecule has 0 aliphatic rings. The van der Waals surface area contributed by atoms with Gasteiger partial charge in [0.2, 0.25) is 5.95 Å². The van der Waals surface area contributed by atoms with E-state index < -0.39 is 12.1 Å². The van der Waals surface area contributed by atoms with E-state index in [1.54, 1.807) is 0 Å². The van der Waals surface area contributed by atoms with Crippen LogP contribution in [-0.4, -0.2) is 33.7 Å². The quantitative estimate of drug-likeness (QED) is 0.627. The lowest BCUT2D eigenvalue weighted by Crippen LogP contribution is -2.16. The molecule has 0 aliphatic heterocycles. The van der Waals surface area contributed by atoms with Crippen LogP contribution < -0.4 is 5.32 Å². The molecular weight excluding hydrogens is 250 g/mol. The average molecular weight is 258 g/mol. The summed E-state index contributed by atoms with van der Waals surface area (Å²) in [5.74, 6) is -1.40. The Labute approximate surface area is 101 Å². The van der Waals surface area contributed by atoms with Gasteiger partial charge in [-0.25, -0.2) is 14.6 Å². The third-order valence-electron chi connectivity index (χ3n) is 1.52. The zero-order valence-electron chi connectivity index (χ0n) is 8.51. The Morgan fingerprint density at radius 3 is 2.88 bits per heavy atom. The number of hydrogen-bond donors (Lipinski definition) is 2. The zero-order chi connectivity index (χ0) is 12.8. The largest absolute Gasteiger partial charge is 0.478 e. The van der Waals surface area contributed by atoms with Crippen LogP contribution in [0.1, 0.15) is 10.4 Å². The van der Waals surface area contributed by atoms with E-state index in [0.717, 1.165) is 6.20 Å². The van der Waals surface area contributed by atoms with Crippen LogP contribution in [0.25, 0.3) is 0 Å². The molecule has 8 heteroatoms. The summed E-state index contributed by atoms with van der Waals surface area (Å²) in [4.78, 5) is 28.9. The molecule has 1 rings (SSSR count). The van der Waals surface area contributed by atoms with Crippen molar-refractivity contribution in [1.29, 1.82) is 0 Å². The first-order valence-electron chi connectivity index (χ1n) is 4.35. The molecule has 17 heavy (non-hydrogen) atoms. The van der Waals surface area contributed by atoms with E-state index >= 15 is 0 Å². The number of anilines is 1. The number of carboxylic acids is 1. The van der Waals surface area contributed by atoms with Crippen LogP contribution in [0.15, 0.2) is 18.9 Å². The third kappa shape index (κ3) is 3.72. The highest BCUT2D eigenvalue weighted by atomic mass is 35.5. The molecule has 0 saturated carbocycles. The molecule has 1 aromatic rings. The number of carbonyl (C=O) groups excluding carboxylic acids is 1. The molecule has 0 unspecified atom stereocenters. The summed E-state index contributed by atoms with van der Waals surface area (Å²) in [6.45, 7) is 3.40. The number of carboxylic acid groups (broad SMARTS) is 1. The SMILES string of the molecule is C=CCOC(=O)Nc1ncc(C(=O)O)c(Cl)n1. The number of rotatable bonds is 4. The van der Waals surface area contributed by atoms with Crippen molar-refractivity contribution in [2.45, 2.75) is 0 Å². The molecule has 7 nitrogen and oxygen atoms in total. The fourth-order valence-electron chi connectivity index (χ4n) is 0.827. The maximum Gasteiger partial charge on any atom is 0.414 e. The number of aromatic nitrogens is 2. The van der Waals surface area contributed by atoms with E-state index in [2.05, 4.69) is 26.6 Å². The van der Waals surface area contributed by atoms with Crippen molar-refractivity contribution in [3.63, 3.8) is 0 Å². The standard InChI is InChI=1S/C9H8ClN3O4/c1-2-3-17-9(16)13-8-11-4-5(7(14)15)6(10)12-8/h2,4H,1,3H2,(H,14,15)(H,11,12,13,16). The molecular formula is C9H8ClN3O4. The first-order chi connectivity index (χ1) is 8.04. The number of hydrogen-bond acceptors (Lipinski definition) is 5. The summed E-state index contributed by atoms with van der Waals surface area (Å²) in [5.41, 5.74) is -0.253. The molecule has 0 atom stereocenters. The van der Waals surface area contributed by atoms with Gasteiger partial charge in [-0.3, -0.25) is 5.32 Å². The van der Waals surface area contributed by atoms with Crippen molar-refractivity contribution in [3.8, 4) is 0 Å². The molecule has 0 saturated heterocycles. The minimum atomic E-state index is -1.25. The van der Waals surface area contributed by atoms with Crippen molar-refractivity contribution >= 4 is 29.6 Å². The second-order valence-electron chi connectivity index (χ2n) is 2.72. The molecule has 0 spiro atoms. The third-order valence-corrected chi connectivity index (χ3v) is 1.81. The molecule has 90 valence electrons. The molecule has 1 aromatic heterocycles. The van der Waals surface area contributed by atoms with Gasteiger partial charge in [-0.05, 0) is 0 Å². The van der Waals surface area contributed by atoms with Gasteiger partial charge in [0.05, 0.1) is 0 Å².